The van der Waals surface area contributed by atoms with E-state index in [9.17, 15) is 0 Å². The molecule has 0 saturated heterocycles. The van der Waals surface area contributed by atoms with Gasteiger partial charge < -0.3 is 11.1 Å². The number of hydrogen-bond acceptors (Lipinski definition) is 2. The fraction of sp³-hybridized carbons (Fsp3) is 0.400. The fourth-order valence-corrected chi connectivity index (χ4v) is 1.17. The second-order valence-electron chi connectivity index (χ2n) is 3.07. The van der Waals surface area contributed by atoms with Gasteiger partial charge in [0, 0.05) is 12.2 Å². The fourth-order valence-electron chi connectivity index (χ4n) is 1.17. The first-order valence-electron chi connectivity index (χ1n) is 4.64. The van der Waals surface area contributed by atoms with E-state index in [0.29, 0.717) is 12.5 Å². The zero-order valence-electron chi connectivity index (χ0n) is 8.83. The highest BCUT2D eigenvalue weighted by molar-refractivity contribution is 5.92. The molecule has 14 heavy (non-hydrogen) atoms. The van der Waals surface area contributed by atoms with E-state index < -0.39 is 0 Å². The Bertz CT molecular complexity index is 344. The van der Waals surface area contributed by atoms with Crippen LogP contribution in [0.15, 0.2) is 17.1 Å². The molecule has 0 amide bonds. The molecule has 76 valence electrons. The zero-order chi connectivity index (χ0) is 10.6. The largest absolute Gasteiger partial charge is 0.370 e. The molecule has 0 aliphatic rings. The van der Waals surface area contributed by atoms with Gasteiger partial charge in [0.15, 0.2) is 5.96 Å². The second kappa shape index (κ2) is 4.60. The van der Waals surface area contributed by atoms with E-state index in [-0.39, 0.29) is 0 Å². The number of hydrogen-bond donors (Lipinski definition) is 2. The normalized spacial score (nSPS) is 11.5. The molecule has 3 N–H and O–H groups in total. The Labute approximate surface area is 84.3 Å². The standard InChI is InChI=1S/C10H16N4/c1-4-12-10(11)14-9-6-5-7(2)13-8(9)3/h5-6H,4H2,1-3H3,(H3,11,12,14). The molecule has 1 aromatic rings. The molecule has 1 rings (SSSR count). The van der Waals surface area contributed by atoms with Crippen molar-refractivity contribution in [1.29, 1.82) is 0 Å². The van der Waals surface area contributed by atoms with E-state index in [4.69, 9.17) is 5.73 Å². The van der Waals surface area contributed by atoms with Crippen LogP contribution in [0.3, 0.4) is 0 Å². The number of nitrogens with zero attached hydrogens (tertiary/aromatic N) is 2. The zero-order valence-corrected chi connectivity index (χ0v) is 8.83. The average Bonchev–Trinajstić information content (AvgIpc) is 2.10. The number of nitrogens with one attached hydrogen (secondary N) is 1. The summed E-state index contributed by atoms with van der Waals surface area (Å²) in [4.78, 5) is 8.35. The molecule has 0 unspecified atom stereocenters. The summed E-state index contributed by atoms with van der Waals surface area (Å²) in [6.07, 6.45) is 0. The summed E-state index contributed by atoms with van der Waals surface area (Å²) in [5.41, 5.74) is 8.47. The van der Waals surface area contributed by atoms with Crippen LogP contribution in [0.2, 0.25) is 0 Å². The number of guanidine groups is 1. The predicted octanol–water partition coefficient (Wildman–Crippen LogP) is 1.44. The van der Waals surface area contributed by atoms with Crippen LogP contribution in [-0.2, 0) is 0 Å². The van der Waals surface area contributed by atoms with Crippen molar-refractivity contribution in [3.05, 3.63) is 23.5 Å². The van der Waals surface area contributed by atoms with Crippen molar-refractivity contribution in [2.24, 2.45) is 10.7 Å². The molecule has 0 aliphatic heterocycles. The number of aromatic nitrogens is 1. The minimum absolute atomic E-state index is 0.432. The lowest BCUT2D eigenvalue weighted by Gasteiger charge is -2.08. The first-order chi connectivity index (χ1) is 6.63. The summed E-state index contributed by atoms with van der Waals surface area (Å²) in [5, 5.41) is 3.00. The van der Waals surface area contributed by atoms with Crippen LogP contribution in [0.25, 0.3) is 0 Å². The van der Waals surface area contributed by atoms with Gasteiger partial charge in [0.2, 0.25) is 0 Å². The Kier molecular flexibility index (Phi) is 3.45. The summed E-state index contributed by atoms with van der Waals surface area (Å²) in [5.74, 6) is 0.432. The van der Waals surface area contributed by atoms with Gasteiger partial charge in [0.05, 0.1) is 11.4 Å². The van der Waals surface area contributed by atoms with Gasteiger partial charge in [-0.3, -0.25) is 9.98 Å². The maximum Gasteiger partial charge on any atom is 0.193 e. The third kappa shape index (κ3) is 2.73. The lowest BCUT2D eigenvalue weighted by atomic mass is 10.3. The Morgan fingerprint density at radius 2 is 2.21 bits per heavy atom. The van der Waals surface area contributed by atoms with Gasteiger partial charge in [-0.1, -0.05) is 0 Å². The lowest BCUT2D eigenvalue weighted by Crippen LogP contribution is -2.23. The summed E-state index contributed by atoms with van der Waals surface area (Å²) >= 11 is 0. The first-order valence-corrected chi connectivity index (χ1v) is 4.64. The third-order valence-electron chi connectivity index (χ3n) is 1.82. The van der Waals surface area contributed by atoms with Crippen LogP contribution in [0.1, 0.15) is 18.3 Å². The minimum Gasteiger partial charge on any atom is -0.370 e. The highest BCUT2D eigenvalue weighted by atomic mass is 15.1. The van der Waals surface area contributed by atoms with E-state index in [0.717, 1.165) is 17.1 Å². The van der Waals surface area contributed by atoms with Gasteiger partial charge in [-0.2, -0.15) is 0 Å². The molecule has 0 spiro atoms. The molecule has 0 aromatic carbocycles. The van der Waals surface area contributed by atoms with E-state index >= 15 is 0 Å². The van der Waals surface area contributed by atoms with Crippen molar-refractivity contribution in [3.63, 3.8) is 0 Å². The quantitative estimate of drug-likeness (QED) is 0.550. The number of aryl methyl sites for hydroxylation is 2. The van der Waals surface area contributed by atoms with Gasteiger partial charge in [-0.15, -0.1) is 0 Å². The van der Waals surface area contributed by atoms with E-state index in [1.165, 1.54) is 0 Å². The van der Waals surface area contributed by atoms with Gasteiger partial charge >= 0.3 is 0 Å². The molecule has 0 radical (unpaired) electrons. The number of aliphatic imine (C=N–C) groups is 1. The molecule has 0 aliphatic carbocycles. The molecule has 0 saturated carbocycles. The molecule has 1 heterocycles. The van der Waals surface area contributed by atoms with Crippen LogP contribution >= 0.6 is 0 Å². The van der Waals surface area contributed by atoms with Gasteiger partial charge in [-0.05, 0) is 32.9 Å². The number of nitrogens with two attached hydrogens (primary N) is 1. The summed E-state index contributed by atoms with van der Waals surface area (Å²) in [7, 11) is 0. The van der Waals surface area contributed by atoms with Crippen LogP contribution < -0.4 is 11.1 Å². The number of rotatable bonds is 2. The maximum atomic E-state index is 5.63. The lowest BCUT2D eigenvalue weighted by molar-refractivity contribution is 1.11. The Morgan fingerprint density at radius 3 is 2.79 bits per heavy atom. The molecule has 1 aromatic heterocycles. The summed E-state index contributed by atoms with van der Waals surface area (Å²) in [6, 6.07) is 3.89. The Morgan fingerprint density at radius 1 is 1.50 bits per heavy atom. The molecule has 0 bridgehead atoms. The second-order valence-corrected chi connectivity index (χ2v) is 3.07. The van der Waals surface area contributed by atoms with Crippen molar-refractivity contribution in [2.45, 2.75) is 20.8 Å². The van der Waals surface area contributed by atoms with Crippen LogP contribution in [-0.4, -0.2) is 17.5 Å². The van der Waals surface area contributed by atoms with Gasteiger partial charge in [0.1, 0.15) is 0 Å². The van der Waals surface area contributed by atoms with E-state index in [1.807, 2.05) is 32.9 Å². The topological polar surface area (TPSA) is 63.3 Å². The highest BCUT2D eigenvalue weighted by Crippen LogP contribution is 2.11. The van der Waals surface area contributed by atoms with Crippen molar-refractivity contribution in [1.82, 2.24) is 4.98 Å². The third-order valence-corrected chi connectivity index (χ3v) is 1.82. The minimum atomic E-state index is 0.432. The molecular weight excluding hydrogens is 176 g/mol. The first kappa shape index (κ1) is 10.5. The van der Waals surface area contributed by atoms with Crippen molar-refractivity contribution >= 4 is 11.6 Å². The average molecular weight is 192 g/mol. The molecule has 0 atom stereocenters. The van der Waals surface area contributed by atoms with Crippen molar-refractivity contribution in [2.75, 3.05) is 11.9 Å². The predicted molar refractivity (Wildman–Crippen MR) is 59.5 cm³/mol. The SMILES string of the molecule is CCN=C(N)Nc1ccc(C)nc1C. The van der Waals surface area contributed by atoms with Crippen molar-refractivity contribution in [3.8, 4) is 0 Å². The molecule has 4 heteroatoms. The van der Waals surface area contributed by atoms with Gasteiger partial charge in [-0.25, -0.2) is 0 Å². The Balaban J connectivity index is 2.82. The molecule has 4 nitrogen and oxygen atoms in total. The Hall–Kier alpha value is -1.58. The molecular formula is C10H16N4. The van der Waals surface area contributed by atoms with E-state index in [1.54, 1.807) is 0 Å². The summed E-state index contributed by atoms with van der Waals surface area (Å²) < 4.78 is 0. The van der Waals surface area contributed by atoms with Crippen molar-refractivity contribution < 1.29 is 0 Å². The molecule has 0 fully saturated rings. The van der Waals surface area contributed by atoms with Gasteiger partial charge in [0.25, 0.3) is 0 Å². The number of anilines is 1. The highest BCUT2D eigenvalue weighted by Gasteiger charge is 1.99. The maximum absolute atomic E-state index is 5.63. The summed E-state index contributed by atoms with van der Waals surface area (Å²) in [6.45, 7) is 6.51. The van der Waals surface area contributed by atoms with Crippen LogP contribution in [0.4, 0.5) is 5.69 Å². The number of pyridine rings is 1. The smallest absolute Gasteiger partial charge is 0.193 e. The van der Waals surface area contributed by atoms with Crippen LogP contribution in [0.5, 0.6) is 0 Å². The van der Waals surface area contributed by atoms with E-state index in [2.05, 4.69) is 15.3 Å². The monoisotopic (exact) mass is 192 g/mol. The van der Waals surface area contributed by atoms with Crippen LogP contribution in [0, 0.1) is 13.8 Å².